The summed E-state index contributed by atoms with van der Waals surface area (Å²) in [5, 5.41) is 9.15. The van der Waals surface area contributed by atoms with Crippen LogP contribution in [0.15, 0.2) is 47.4 Å². The number of hydrogen-bond acceptors (Lipinski definition) is 2. The molecule has 0 radical (unpaired) electrons. The molecule has 3 heteroatoms. The Labute approximate surface area is 122 Å². The van der Waals surface area contributed by atoms with Crippen molar-refractivity contribution in [2.24, 2.45) is 0 Å². The van der Waals surface area contributed by atoms with Crippen molar-refractivity contribution in [3.63, 3.8) is 0 Å². The molecule has 0 aromatic heterocycles. The van der Waals surface area contributed by atoms with Gasteiger partial charge in [-0.05, 0) is 48.1 Å². The van der Waals surface area contributed by atoms with Crippen LogP contribution in [0, 0.1) is 6.92 Å². The maximum atomic E-state index is 11.1. The number of carbonyl (C=O) groups is 1. The number of hydrogen-bond donors (Lipinski definition) is 1. The Hall–Kier alpha value is -1.74. The molecule has 0 spiro atoms. The number of aryl methyl sites for hydroxylation is 1. The van der Waals surface area contributed by atoms with E-state index in [1.807, 2.05) is 19.1 Å². The first kappa shape index (κ1) is 13.3. The van der Waals surface area contributed by atoms with Gasteiger partial charge in [0.1, 0.15) is 0 Å². The lowest BCUT2D eigenvalue weighted by Crippen LogP contribution is -2.18. The molecule has 20 heavy (non-hydrogen) atoms. The van der Waals surface area contributed by atoms with E-state index in [1.165, 1.54) is 11.1 Å². The van der Waals surface area contributed by atoms with Crippen LogP contribution in [0.4, 0.5) is 0 Å². The van der Waals surface area contributed by atoms with Gasteiger partial charge in [0.2, 0.25) is 0 Å². The molecule has 102 valence electrons. The van der Waals surface area contributed by atoms with Gasteiger partial charge in [0.25, 0.3) is 0 Å². The molecule has 0 aliphatic heterocycles. The third-order valence-electron chi connectivity index (χ3n) is 3.85. The SMILES string of the molecule is Cc1ccc(SCC2Cc3ccccc32)cc1C(=O)O. The first-order chi connectivity index (χ1) is 9.65. The van der Waals surface area contributed by atoms with Gasteiger partial charge in [0.05, 0.1) is 5.56 Å². The summed E-state index contributed by atoms with van der Waals surface area (Å²) in [5.41, 5.74) is 4.12. The molecule has 0 bridgehead atoms. The lowest BCUT2D eigenvalue weighted by Gasteiger charge is -2.29. The largest absolute Gasteiger partial charge is 0.478 e. The van der Waals surface area contributed by atoms with Crippen molar-refractivity contribution < 1.29 is 9.90 Å². The quantitative estimate of drug-likeness (QED) is 0.858. The monoisotopic (exact) mass is 284 g/mol. The third kappa shape index (κ3) is 2.46. The van der Waals surface area contributed by atoms with Gasteiger partial charge in [0.15, 0.2) is 0 Å². The summed E-state index contributed by atoms with van der Waals surface area (Å²) < 4.78 is 0. The van der Waals surface area contributed by atoms with Gasteiger partial charge in [-0.1, -0.05) is 30.3 Å². The summed E-state index contributed by atoms with van der Waals surface area (Å²) >= 11 is 1.74. The summed E-state index contributed by atoms with van der Waals surface area (Å²) in [6.45, 7) is 1.83. The Kier molecular flexibility index (Phi) is 3.53. The van der Waals surface area contributed by atoms with Crippen LogP contribution in [-0.4, -0.2) is 16.8 Å². The van der Waals surface area contributed by atoms with Crippen molar-refractivity contribution in [2.75, 3.05) is 5.75 Å². The van der Waals surface area contributed by atoms with Gasteiger partial charge in [-0.3, -0.25) is 0 Å². The minimum atomic E-state index is -0.848. The van der Waals surface area contributed by atoms with Gasteiger partial charge in [-0.25, -0.2) is 4.79 Å². The van der Waals surface area contributed by atoms with Crippen LogP contribution in [0.25, 0.3) is 0 Å². The molecule has 0 heterocycles. The molecule has 2 aromatic rings. The van der Waals surface area contributed by atoms with Gasteiger partial charge in [0, 0.05) is 10.6 Å². The first-order valence-electron chi connectivity index (χ1n) is 6.69. The highest BCUT2D eigenvalue weighted by molar-refractivity contribution is 7.99. The molecule has 1 aliphatic rings. The summed E-state index contributed by atoms with van der Waals surface area (Å²) in [6.07, 6.45) is 1.14. The minimum absolute atomic E-state index is 0.406. The smallest absolute Gasteiger partial charge is 0.335 e. The Balaban J connectivity index is 1.68. The van der Waals surface area contributed by atoms with Crippen LogP contribution < -0.4 is 0 Å². The summed E-state index contributed by atoms with van der Waals surface area (Å²) in [5.74, 6) is 0.767. The second-order valence-electron chi connectivity index (χ2n) is 5.19. The summed E-state index contributed by atoms with van der Waals surface area (Å²) in [4.78, 5) is 12.2. The Bertz CT molecular complexity index is 664. The number of rotatable bonds is 4. The van der Waals surface area contributed by atoms with E-state index in [0.717, 1.165) is 22.6 Å². The molecule has 1 unspecified atom stereocenters. The molecule has 2 aromatic carbocycles. The van der Waals surface area contributed by atoms with E-state index in [2.05, 4.69) is 24.3 Å². The van der Waals surface area contributed by atoms with E-state index < -0.39 is 5.97 Å². The van der Waals surface area contributed by atoms with Crippen molar-refractivity contribution in [3.8, 4) is 0 Å². The third-order valence-corrected chi connectivity index (χ3v) is 5.01. The highest BCUT2D eigenvalue weighted by Gasteiger charge is 2.25. The van der Waals surface area contributed by atoms with Crippen molar-refractivity contribution >= 4 is 17.7 Å². The topological polar surface area (TPSA) is 37.3 Å². The van der Waals surface area contributed by atoms with Crippen LogP contribution >= 0.6 is 11.8 Å². The molecule has 1 aliphatic carbocycles. The second kappa shape index (κ2) is 5.33. The molecule has 0 amide bonds. The fraction of sp³-hybridized carbons (Fsp3) is 0.235. The maximum absolute atomic E-state index is 11.1. The molecule has 0 fully saturated rings. The van der Waals surface area contributed by atoms with E-state index >= 15 is 0 Å². The Morgan fingerprint density at radius 1 is 1.30 bits per heavy atom. The average molecular weight is 284 g/mol. The molecule has 0 saturated heterocycles. The van der Waals surface area contributed by atoms with Crippen LogP contribution in [0.1, 0.15) is 33.0 Å². The van der Waals surface area contributed by atoms with E-state index in [1.54, 1.807) is 17.8 Å². The molecular weight excluding hydrogens is 268 g/mol. The van der Waals surface area contributed by atoms with Crippen molar-refractivity contribution in [2.45, 2.75) is 24.2 Å². The Morgan fingerprint density at radius 2 is 2.10 bits per heavy atom. The van der Waals surface area contributed by atoms with E-state index in [0.29, 0.717) is 11.5 Å². The minimum Gasteiger partial charge on any atom is -0.478 e. The maximum Gasteiger partial charge on any atom is 0.335 e. The molecule has 0 saturated carbocycles. The highest BCUT2D eigenvalue weighted by Crippen LogP contribution is 2.38. The fourth-order valence-corrected chi connectivity index (χ4v) is 3.69. The van der Waals surface area contributed by atoms with Crippen LogP contribution in [0.2, 0.25) is 0 Å². The molecule has 1 N–H and O–H groups in total. The second-order valence-corrected chi connectivity index (χ2v) is 6.29. The van der Waals surface area contributed by atoms with Gasteiger partial charge in [-0.15, -0.1) is 11.8 Å². The van der Waals surface area contributed by atoms with Crippen LogP contribution in [-0.2, 0) is 6.42 Å². The van der Waals surface area contributed by atoms with E-state index in [-0.39, 0.29) is 0 Å². The summed E-state index contributed by atoms with van der Waals surface area (Å²) in [7, 11) is 0. The molecule has 1 atom stereocenters. The zero-order chi connectivity index (χ0) is 14.1. The Morgan fingerprint density at radius 3 is 2.85 bits per heavy atom. The summed E-state index contributed by atoms with van der Waals surface area (Å²) in [6, 6.07) is 14.2. The highest BCUT2D eigenvalue weighted by atomic mass is 32.2. The van der Waals surface area contributed by atoms with Crippen molar-refractivity contribution in [1.82, 2.24) is 0 Å². The van der Waals surface area contributed by atoms with Gasteiger partial charge < -0.3 is 5.11 Å². The van der Waals surface area contributed by atoms with Crippen LogP contribution in [0.3, 0.4) is 0 Å². The zero-order valence-corrected chi connectivity index (χ0v) is 12.1. The van der Waals surface area contributed by atoms with Gasteiger partial charge >= 0.3 is 5.97 Å². The fourth-order valence-electron chi connectivity index (χ4n) is 2.63. The van der Waals surface area contributed by atoms with Crippen molar-refractivity contribution in [1.29, 1.82) is 0 Å². The number of fused-ring (bicyclic) bond motifs is 1. The average Bonchev–Trinajstić information content (AvgIpc) is 2.41. The molecule has 2 nitrogen and oxygen atoms in total. The number of benzene rings is 2. The lowest BCUT2D eigenvalue weighted by atomic mass is 9.79. The predicted octanol–water partition coefficient (Wildman–Crippen LogP) is 4.13. The molecule has 3 rings (SSSR count). The number of carboxylic acid groups (broad SMARTS) is 1. The van der Waals surface area contributed by atoms with E-state index in [4.69, 9.17) is 5.11 Å². The zero-order valence-electron chi connectivity index (χ0n) is 11.3. The number of carboxylic acids is 1. The standard InChI is InChI=1S/C17H16O2S/c1-11-6-7-14(9-16(11)17(18)19)20-10-13-8-12-4-2-3-5-15(12)13/h2-7,9,13H,8,10H2,1H3,(H,18,19). The van der Waals surface area contributed by atoms with E-state index in [9.17, 15) is 4.79 Å². The predicted molar refractivity (Wildman–Crippen MR) is 81.7 cm³/mol. The van der Waals surface area contributed by atoms with Crippen LogP contribution in [0.5, 0.6) is 0 Å². The van der Waals surface area contributed by atoms with Crippen molar-refractivity contribution in [3.05, 3.63) is 64.7 Å². The number of thioether (sulfide) groups is 1. The normalized spacial score (nSPS) is 16.4. The van der Waals surface area contributed by atoms with Gasteiger partial charge in [-0.2, -0.15) is 0 Å². The lowest BCUT2D eigenvalue weighted by molar-refractivity contribution is 0.0696. The number of aromatic carboxylic acids is 1. The first-order valence-corrected chi connectivity index (χ1v) is 7.68. The molecular formula is C17H16O2S.